The van der Waals surface area contributed by atoms with Gasteiger partial charge in [-0.2, -0.15) is 4.31 Å². The summed E-state index contributed by atoms with van der Waals surface area (Å²) < 4.78 is 42.3. The Hall–Kier alpha value is -0.950. The van der Waals surface area contributed by atoms with E-state index in [1.165, 1.54) is 0 Å². The molecule has 0 aromatic heterocycles. The molecule has 0 fully saturated rings. The highest BCUT2D eigenvalue weighted by Gasteiger charge is 2.49. The van der Waals surface area contributed by atoms with Crippen LogP contribution in [0.3, 0.4) is 0 Å². The van der Waals surface area contributed by atoms with Gasteiger partial charge >= 0.3 is 0 Å². The van der Waals surface area contributed by atoms with E-state index >= 15 is 0 Å². The Balaban J connectivity index is 3.46. The van der Waals surface area contributed by atoms with Crippen molar-refractivity contribution in [2.24, 2.45) is 0 Å². The normalized spacial score (nSPS) is 17.1. The molecule has 5 nitrogen and oxygen atoms in total. The number of rotatable bonds is 14. The lowest BCUT2D eigenvalue weighted by Crippen LogP contribution is -2.61. The lowest BCUT2D eigenvalue weighted by atomic mass is 9.86. The highest BCUT2D eigenvalue weighted by Crippen LogP contribution is 2.41. The number of hydrogen-bond donors (Lipinski definition) is 0. The summed E-state index contributed by atoms with van der Waals surface area (Å²) in [6, 6.07) is 8.80. The number of nitrogens with zero attached hydrogens (tertiary/aromatic N) is 1. The first-order chi connectivity index (χ1) is 15.1. The van der Waals surface area contributed by atoms with Crippen molar-refractivity contribution in [1.82, 2.24) is 4.31 Å². The predicted molar refractivity (Wildman–Crippen MR) is 138 cm³/mol. The first-order valence-corrected chi connectivity index (χ1v) is 13.9. The summed E-state index contributed by atoms with van der Waals surface area (Å²) in [5.41, 5.74) is -1.71. The molecule has 33 heavy (non-hydrogen) atoms. The van der Waals surface area contributed by atoms with Crippen LogP contribution in [0.2, 0.25) is 0 Å². The minimum atomic E-state index is -3.76. The average Bonchev–Trinajstić information content (AvgIpc) is 2.73. The second kappa shape index (κ2) is 11.7. The summed E-state index contributed by atoms with van der Waals surface area (Å²) in [4.78, 5) is 0.330. The average molecular weight is 484 g/mol. The zero-order valence-corrected chi connectivity index (χ0v) is 23.6. The molecular weight excluding hydrogens is 434 g/mol. The monoisotopic (exact) mass is 483 g/mol. The zero-order valence-electron chi connectivity index (χ0n) is 22.8. The van der Waals surface area contributed by atoms with Crippen LogP contribution in [0.15, 0.2) is 35.2 Å². The minimum Gasteiger partial charge on any atom is -0.376 e. The van der Waals surface area contributed by atoms with Gasteiger partial charge in [0.1, 0.15) is 0 Å². The Bertz CT molecular complexity index is 816. The van der Waals surface area contributed by atoms with E-state index in [4.69, 9.17) is 9.47 Å². The fourth-order valence-corrected chi connectivity index (χ4v) is 6.31. The minimum absolute atomic E-state index is 0.230. The molecule has 6 heteroatoms. The van der Waals surface area contributed by atoms with Crippen molar-refractivity contribution < 1.29 is 17.9 Å². The Labute approximate surface area is 204 Å². The van der Waals surface area contributed by atoms with Crippen LogP contribution in [0, 0.1) is 0 Å². The van der Waals surface area contributed by atoms with Gasteiger partial charge in [0.05, 0.1) is 16.1 Å². The van der Waals surface area contributed by atoms with Crippen LogP contribution >= 0.6 is 0 Å². The van der Waals surface area contributed by atoms with E-state index in [1.807, 2.05) is 26.8 Å². The second-order valence-corrected chi connectivity index (χ2v) is 13.0. The molecule has 1 aromatic carbocycles. The molecule has 2 unspecified atom stereocenters. The maximum atomic E-state index is 14.2. The van der Waals surface area contributed by atoms with Crippen molar-refractivity contribution >= 4 is 10.0 Å². The lowest BCUT2D eigenvalue weighted by molar-refractivity contribution is -0.0503. The van der Waals surface area contributed by atoms with E-state index < -0.39 is 21.1 Å². The van der Waals surface area contributed by atoms with E-state index in [0.29, 0.717) is 43.8 Å². The molecule has 1 aromatic rings. The first kappa shape index (κ1) is 30.1. The summed E-state index contributed by atoms with van der Waals surface area (Å²) in [7, 11) is -3.76. The first-order valence-electron chi connectivity index (χ1n) is 12.5. The third-order valence-electron chi connectivity index (χ3n) is 6.95. The maximum Gasteiger partial charge on any atom is 0.244 e. The third-order valence-corrected chi connectivity index (χ3v) is 9.18. The molecule has 1 rings (SSSR count). The molecule has 0 saturated carbocycles. The van der Waals surface area contributed by atoms with Gasteiger partial charge in [0.2, 0.25) is 10.0 Å². The van der Waals surface area contributed by atoms with E-state index in [0.717, 1.165) is 6.42 Å². The largest absolute Gasteiger partial charge is 0.376 e. The zero-order chi connectivity index (χ0) is 25.6. The van der Waals surface area contributed by atoms with Crippen LogP contribution in [0.5, 0.6) is 0 Å². The topological polar surface area (TPSA) is 55.8 Å². The van der Waals surface area contributed by atoms with E-state index in [9.17, 15) is 8.42 Å². The maximum absolute atomic E-state index is 14.2. The van der Waals surface area contributed by atoms with Gasteiger partial charge in [0.15, 0.2) is 0 Å². The van der Waals surface area contributed by atoms with Crippen molar-refractivity contribution in [3.05, 3.63) is 30.3 Å². The molecule has 0 amide bonds. The summed E-state index contributed by atoms with van der Waals surface area (Å²) in [5, 5.41) is 0. The number of ether oxygens (including phenoxy) is 2. The number of sulfonamides is 1. The fraction of sp³-hybridized carbons (Fsp3) is 0.778. The molecule has 0 N–H and O–H groups in total. The van der Waals surface area contributed by atoms with Gasteiger partial charge in [-0.25, -0.2) is 8.42 Å². The van der Waals surface area contributed by atoms with Gasteiger partial charge in [-0.15, -0.1) is 0 Å². The van der Waals surface area contributed by atoms with Gasteiger partial charge < -0.3 is 9.47 Å². The van der Waals surface area contributed by atoms with Gasteiger partial charge in [-0.3, -0.25) is 0 Å². The lowest BCUT2D eigenvalue weighted by Gasteiger charge is -2.50. The van der Waals surface area contributed by atoms with Crippen LogP contribution < -0.4 is 0 Å². The van der Waals surface area contributed by atoms with Gasteiger partial charge in [0, 0.05) is 24.3 Å². The predicted octanol–water partition coefficient (Wildman–Crippen LogP) is 6.82. The smallest absolute Gasteiger partial charge is 0.244 e. The Morgan fingerprint density at radius 1 is 0.727 bits per heavy atom. The molecule has 0 spiro atoms. The highest BCUT2D eigenvalue weighted by molar-refractivity contribution is 7.89. The van der Waals surface area contributed by atoms with Gasteiger partial charge in [-0.1, -0.05) is 39.0 Å². The Kier molecular flexibility index (Phi) is 10.6. The molecule has 0 heterocycles. The van der Waals surface area contributed by atoms with Gasteiger partial charge in [0.25, 0.3) is 0 Å². The molecular formula is C27H49NO4S. The van der Waals surface area contributed by atoms with E-state index in [-0.39, 0.29) is 11.2 Å². The molecule has 0 radical (unpaired) electrons. The van der Waals surface area contributed by atoms with Crippen LogP contribution in [-0.2, 0) is 19.5 Å². The molecule has 0 saturated heterocycles. The van der Waals surface area contributed by atoms with Crippen molar-refractivity contribution in [1.29, 1.82) is 0 Å². The summed E-state index contributed by atoms with van der Waals surface area (Å²) >= 11 is 0. The second-order valence-electron chi connectivity index (χ2n) is 11.2. The van der Waals surface area contributed by atoms with Crippen LogP contribution in [0.1, 0.15) is 101 Å². The SMILES string of the molecule is CCC(C)(C)OCCC(C)(CC)N(C(C)(CC)CCOC(C)(C)C)S(=O)(=O)c1ccccc1. The molecule has 2 atom stereocenters. The summed E-state index contributed by atoms with van der Waals surface area (Å²) in [5.74, 6) is 0. The number of hydrogen-bond acceptors (Lipinski definition) is 4. The van der Waals surface area contributed by atoms with Gasteiger partial charge in [-0.05, 0) is 92.7 Å². The third kappa shape index (κ3) is 8.34. The molecule has 192 valence electrons. The van der Waals surface area contributed by atoms with E-state index in [1.54, 1.807) is 28.6 Å². The molecule has 0 aliphatic heterocycles. The van der Waals surface area contributed by atoms with Crippen molar-refractivity contribution in [3.8, 4) is 0 Å². The Morgan fingerprint density at radius 2 is 1.18 bits per heavy atom. The van der Waals surface area contributed by atoms with Crippen molar-refractivity contribution in [3.63, 3.8) is 0 Å². The summed E-state index contributed by atoms with van der Waals surface area (Å²) in [6.45, 7) is 21.6. The van der Waals surface area contributed by atoms with Crippen molar-refractivity contribution in [2.75, 3.05) is 13.2 Å². The fourth-order valence-electron chi connectivity index (χ4n) is 4.00. The molecule has 0 bridgehead atoms. The standard InChI is InChI=1S/C27H49NO4S/c1-11-25(7,8)32-22-20-27(10,13-3)28(33(29,30)23-17-15-14-16-18-23)26(9,12-2)19-21-31-24(4,5)6/h14-18H,11-13,19-22H2,1-10H3. The quantitative estimate of drug-likeness (QED) is 0.291. The summed E-state index contributed by atoms with van der Waals surface area (Å²) in [6.07, 6.45) is 3.51. The van der Waals surface area contributed by atoms with Crippen LogP contribution in [0.25, 0.3) is 0 Å². The van der Waals surface area contributed by atoms with Crippen LogP contribution in [-0.4, -0.2) is 48.2 Å². The number of benzene rings is 1. The molecule has 0 aliphatic rings. The highest BCUT2D eigenvalue weighted by atomic mass is 32.2. The molecule has 0 aliphatic carbocycles. The van der Waals surface area contributed by atoms with E-state index in [2.05, 4.69) is 48.5 Å². The van der Waals surface area contributed by atoms with Crippen LogP contribution in [0.4, 0.5) is 0 Å². The van der Waals surface area contributed by atoms with Crippen molar-refractivity contribution in [2.45, 2.75) is 129 Å². The Morgan fingerprint density at radius 3 is 1.58 bits per heavy atom.